The zero-order chi connectivity index (χ0) is 22.5. The molecule has 0 saturated heterocycles. The van der Waals surface area contributed by atoms with Crippen LogP contribution in [0.2, 0.25) is 0 Å². The summed E-state index contributed by atoms with van der Waals surface area (Å²) in [6.45, 7) is -0.0846. The third-order valence-corrected chi connectivity index (χ3v) is 4.58. The van der Waals surface area contributed by atoms with Gasteiger partial charge in [0.05, 0.1) is 21.3 Å². The summed E-state index contributed by atoms with van der Waals surface area (Å²) in [5, 5.41) is 7.19. The van der Waals surface area contributed by atoms with Crippen molar-refractivity contribution in [2.45, 2.75) is 6.54 Å². The lowest BCUT2D eigenvalue weighted by molar-refractivity contribution is -0.116. The van der Waals surface area contributed by atoms with E-state index in [0.717, 1.165) is 5.69 Å². The Bertz CT molecular complexity index is 1040. The highest BCUT2D eigenvalue weighted by atomic mass is 16.5. The van der Waals surface area contributed by atoms with E-state index in [-0.39, 0.29) is 18.4 Å². The third kappa shape index (κ3) is 4.80. The number of amides is 1. The van der Waals surface area contributed by atoms with Crippen LogP contribution in [0, 0.1) is 0 Å². The molecule has 0 aliphatic heterocycles. The maximum atomic E-state index is 12.5. The van der Waals surface area contributed by atoms with E-state index < -0.39 is 0 Å². The summed E-state index contributed by atoms with van der Waals surface area (Å²) in [5.74, 6) is 1.56. The zero-order valence-corrected chi connectivity index (χ0v) is 18.2. The first-order chi connectivity index (χ1) is 14.9. The average Bonchev–Trinajstić information content (AvgIpc) is 3.12. The molecular weight excluding hydrogens is 400 g/mol. The Morgan fingerprint density at radius 1 is 1.06 bits per heavy atom. The van der Waals surface area contributed by atoms with Gasteiger partial charge in [0.1, 0.15) is 6.54 Å². The number of carbonyl (C=O) groups excluding carboxylic acids is 1. The van der Waals surface area contributed by atoms with E-state index in [9.17, 15) is 4.79 Å². The van der Waals surface area contributed by atoms with Gasteiger partial charge < -0.3 is 30.2 Å². The highest BCUT2D eigenvalue weighted by Crippen LogP contribution is 2.40. The Morgan fingerprint density at radius 2 is 1.68 bits per heavy atom. The maximum Gasteiger partial charge on any atom is 0.246 e. The number of nitrogens with one attached hydrogen (secondary N) is 1. The summed E-state index contributed by atoms with van der Waals surface area (Å²) in [6.07, 6.45) is 0. The molecule has 0 fully saturated rings. The summed E-state index contributed by atoms with van der Waals surface area (Å²) in [4.78, 5) is 18.7. The summed E-state index contributed by atoms with van der Waals surface area (Å²) in [7, 11) is 8.48. The molecule has 1 amide bonds. The number of anilines is 3. The van der Waals surface area contributed by atoms with Crippen LogP contribution in [0.4, 0.5) is 17.3 Å². The standard InChI is InChI=1S/C21H26N6O4/c1-26(2)15-8-6-14(7-9-15)23-18(28)12-27-21(22)24-20(25-27)13-10-16(29-3)19(31-5)17(11-13)30-4/h6-11H,12H2,1-5H3,(H,23,28)(H2,22,24,25). The Labute approximate surface area is 180 Å². The fourth-order valence-electron chi connectivity index (χ4n) is 2.98. The number of nitrogen functional groups attached to an aromatic ring is 1. The molecule has 31 heavy (non-hydrogen) atoms. The maximum absolute atomic E-state index is 12.5. The van der Waals surface area contributed by atoms with Gasteiger partial charge in [0.2, 0.25) is 17.6 Å². The van der Waals surface area contributed by atoms with E-state index >= 15 is 0 Å². The van der Waals surface area contributed by atoms with Gasteiger partial charge in [0.25, 0.3) is 0 Å². The molecule has 0 unspecified atom stereocenters. The van der Waals surface area contributed by atoms with Crippen LogP contribution in [0.15, 0.2) is 36.4 Å². The Morgan fingerprint density at radius 3 is 2.19 bits per heavy atom. The van der Waals surface area contributed by atoms with Gasteiger partial charge in [-0.15, -0.1) is 5.10 Å². The van der Waals surface area contributed by atoms with Gasteiger partial charge in [0, 0.05) is 31.0 Å². The molecule has 10 nitrogen and oxygen atoms in total. The van der Waals surface area contributed by atoms with Gasteiger partial charge in [-0.05, 0) is 36.4 Å². The molecule has 164 valence electrons. The van der Waals surface area contributed by atoms with Crippen molar-refractivity contribution in [2.24, 2.45) is 0 Å². The van der Waals surface area contributed by atoms with Gasteiger partial charge in [-0.25, -0.2) is 4.68 Å². The van der Waals surface area contributed by atoms with E-state index in [0.29, 0.717) is 34.3 Å². The molecule has 0 atom stereocenters. The van der Waals surface area contributed by atoms with E-state index in [2.05, 4.69) is 15.4 Å². The second-order valence-electron chi connectivity index (χ2n) is 6.85. The van der Waals surface area contributed by atoms with Crippen molar-refractivity contribution in [3.05, 3.63) is 36.4 Å². The first kappa shape index (κ1) is 21.8. The first-order valence-corrected chi connectivity index (χ1v) is 9.44. The molecular formula is C21H26N6O4. The number of aromatic nitrogens is 3. The molecule has 10 heteroatoms. The van der Waals surface area contributed by atoms with Crippen molar-refractivity contribution in [1.82, 2.24) is 14.8 Å². The van der Waals surface area contributed by atoms with Crippen LogP contribution in [-0.2, 0) is 11.3 Å². The van der Waals surface area contributed by atoms with E-state index in [4.69, 9.17) is 19.9 Å². The van der Waals surface area contributed by atoms with E-state index in [1.165, 1.54) is 26.0 Å². The monoisotopic (exact) mass is 426 g/mol. The minimum absolute atomic E-state index is 0.0846. The summed E-state index contributed by atoms with van der Waals surface area (Å²) in [5.41, 5.74) is 8.31. The smallest absolute Gasteiger partial charge is 0.246 e. The van der Waals surface area contributed by atoms with Crippen molar-refractivity contribution >= 4 is 23.2 Å². The quantitative estimate of drug-likeness (QED) is 0.563. The molecule has 0 bridgehead atoms. The number of benzene rings is 2. The largest absolute Gasteiger partial charge is 0.493 e. The second-order valence-corrected chi connectivity index (χ2v) is 6.85. The Kier molecular flexibility index (Phi) is 6.49. The average molecular weight is 426 g/mol. The highest BCUT2D eigenvalue weighted by Gasteiger charge is 2.18. The summed E-state index contributed by atoms with van der Waals surface area (Å²) >= 11 is 0. The molecule has 3 aromatic rings. The third-order valence-electron chi connectivity index (χ3n) is 4.58. The fraction of sp³-hybridized carbons (Fsp3) is 0.286. The van der Waals surface area contributed by atoms with Crippen LogP contribution in [-0.4, -0.2) is 56.1 Å². The number of hydrogen-bond acceptors (Lipinski definition) is 8. The molecule has 3 rings (SSSR count). The van der Waals surface area contributed by atoms with Gasteiger partial charge in [-0.1, -0.05) is 0 Å². The van der Waals surface area contributed by atoms with Crippen molar-refractivity contribution in [1.29, 1.82) is 0 Å². The molecule has 1 aromatic heterocycles. The van der Waals surface area contributed by atoms with E-state index in [1.54, 1.807) is 12.1 Å². The molecule has 0 saturated carbocycles. The lowest BCUT2D eigenvalue weighted by Gasteiger charge is -2.13. The number of carbonyl (C=O) groups is 1. The number of hydrogen-bond donors (Lipinski definition) is 2. The SMILES string of the molecule is COc1cc(-c2nc(N)n(CC(=O)Nc3ccc(N(C)C)cc3)n2)cc(OC)c1OC. The molecule has 0 aliphatic rings. The predicted molar refractivity (Wildman–Crippen MR) is 119 cm³/mol. The highest BCUT2D eigenvalue weighted by molar-refractivity contribution is 5.90. The zero-order valence-electron chi connectivity index (χ0n) is 18.2. The van der Waals surface area contributed by atoms with Crippen LogP contribution in [0.5, 0.6) is 17.2 Å². The molecule has 3 N–H and O–H groups in total. The van der Waals surface area contributed by atoms with Crippen molar-refractivity contribution in [3.63, 3.8) is 0 Å². The lowest BCUT2D eigenvalue weighted by Crippen LogP contribution is -2.20. The van der Waals surface area contributed by atoms with Crippen LogP contribution in [0.25, 0.3) is 11.4 Å². The number of methoxy groups -OCH3 is 3. The molecule has 0 spiro atoms. The van der Waals surface area contributed by atoms with Crippen molar-refractivity contribution in [3.8, 4) is 28.6 Å². The van der Waals surface area contributed by atoms with E-state index in [1.807, 2.05) is 43.3 Å². The Hall–Kier alpha value is -3.95. The van der Waals surface area contributed by atoms with Crippen LogP contribution in [0.3, 0.4) is 0 Å². The van der Waals surface area contributed by atoms with Crippen molar-refractivity contribution < 1.29 is 19.0 Å². The number of ether oxygens (including phenoxy) is 3. The number of rotatable bonds is 8. The molecule has 2 aromatic carbocycles. The van der Waals surface area contributed by atoms with Crippen LogP contribution < -0.4 is 30.2 Å². The Balaban J connectivity index is 1.78. The van der Waals surface area contributed by atoms with Crippen molar-refractivity contribution in [2.75, 3.05) is 51.4 Å². The van der Waals surface area contributed by atoms with Crippen LogP contribution in [0.1, 0.15) is 0 Å². The predicted octanol–water partition coefficient (Wildman–Crippen LogP) is 2.26. The van der Waals surface area contributed by atoms with Gasteiger partial charge in [-0.2, -0.15) is 4.98 Å². The topological polar surface area (TPSA) is 117 Å². The number of nitrogens with two attached hydrogens (primary N) is 1. The molecule has 0 aliphatic carbocycles. The fourth-order valence-corrected chi connectivity index (χ4v) is 2.98. The summed E-state index contributed by atoms with van der Waals surface area (Å²) in [6, 6.07) is 10.9. The molecule has 1 heterocycles. The van der Waals surface area contributed by atoms with Gasteiger partial charge >= 0.3 is 0 Å². The van der Waals surface area contributed by atoms with Gasteiger partial charge in [0.15, 0.2) is 17.3 Å². The summed E-state index contributed by atoms with van der Waals surface area (Å²) < 4.78 is 17.4. The van der Waals surface area contributed by atoms with Crippen LogP contribution >= 0.6 is 0 Å². The molecule has 0 radical (unpaired) electrons. The minimum Gasteiger partial charge on any atom is -0.493 e. The lowest BCUT2D eigenvalue weighted by atomic mass is 10.1. The normalized spacial score (nSPS) is 10.5. The second kappa shape index (κ2) is 9.24. The first-order valence-electron chi connectivity index (χ1n) is 9.44. The van der Waals surface area contributed by atoms with Gasteiger partial charge in [-0.3, -0.25) is 4.79 Å². The number of nitrogens with zero attached hydrogens (tertiary/aromatic N) is 4. The minimum atomic E-state index is -0.273.